The van der Waals surface area contributed by atoms with Gasteiger partial charge in [0.05, 0.1) is 23.7 Å². The first kappa shape index (κ1) is 12.1. The third kappa shape index (κ3) is 2.19. The lowest BCUT2D eigenvalue weighted by Gasteiger charge is -2.19. The first-order valence-corrected chi connectivity index (χ1v) is 6.35. The second-order valence-electron chi connectivity index (χ2n) is 4.79. The number of nitrogens with zero attached hydrogens (tertiary/aromatic N) is 2. The van der Waals surface area contributed by atoms with E-state index in [4.69, 9.17) is 0 Å². The Morgan fingerprint density at radius 2 is 2.16 bits per heavy atom. The molecule has 3 rings (SSSR count). The van der Waals surface area contributed by atoms with E-state index in [0.29, 0.717) is 5.69 Å². The minimum atomic E-state index is -0.572. The van der Waals surface area contributed by atoms with Gasteiger partial charge in [0.2, 0.25) is 0 Å². The van der Waals surface area contributed by atoms with Crippen LogP contribution in [-0.2, 0) is 6.42 Å². The molecule has 1 N–H and O–H groups in total. The van der Waals surface area contributed by atoms with Crippen LogP contribution in [-0.4, -0.2) is 16.6 Å². The quantitative estimate of drug-likeness (QED) is 0.899. The van der Waals surface area contributed by atoms with Crippen molar-refractivity contribution in [3.63, 3.8) is 0 Å². The number of aliphatic hydroxyl groups excluding tert-OH is 1. The molecule has 2 heterocycles. The molecule has 0 saturated heterocycles. The fraction of sp³-hybridized carbons (Fsp3) is 0.267. The van der Waals surface area contributed by atoms with Crippen LogP contribution in [0.25, 0.3) is 0 Å². The van der Waals surface area contributed by atoms with Crippen LogP contribution in [0, 0.1) is 5.82 Å². The molecule has 1 aromatic carbocycles. The maximum atomic E-state index is 13.3. The Bertz CT molecular complexity index is 596. The molecule has 0 fully saturated rings. The predicted octanol–water partition coefficient (Wildman–Crippen LogP) is 2.97. The number of anilines is 2. The van der Waals surface area contributed by atoms with Gasteiger partial charge >= 0.3 is 0 Å². The Balaban J connectivity index is 1.95. The van der Waals surface area contributed by atoms with Crippen molar-refractivity contribution in [3.05, 3.63) is 53.6 Å². The average molecular weight is 258 g/mol. The lowest BCUT2D eigenvalue weighted by Crippen LogP contribution is -2.13. The van der Waals surface area contributed by atoms with Gasteiger partial charge in [-0.3, -0.25) is 4.98 Å². The highest BCUT2D eigenvalue weighted by molar-refractivity contribution is 5.69. The largest absolute Gasteiger partial charge is 0.387 e. The molecular weight excluding hydrogens is 243 g/mol. The summed E-state index contributed by atoms with van der Waals surface area (Å²) in [4.78, 5) is 6.29. The zero-order chi connectivity index (χ0) is 13.4. The molecule has 0 radical (unpaired) electrons. The number of aromatic nitrogens is 1. The number of rotatable bonds is 2. The Labute approximate surface area is 111 Å². The summed E-state index contributed by atoms with van der Waals surface area (Å²) in [6, 6.07) is 8.61. The Kier molecular flexibility index (Phi) is 2.95. The molecule has 19 heavy (non-hydrogen) atoms. The lowest BCUT2D eigenvalue weighted by atomic mass is 10.1. The number of benzene rings is 1. The van der Waals surface area contributed by atoms with Crippen molar-refractivity contribution in [2.24, 2.45) is 0 Å². The topological polar surface area (TPSA) is 36.4 Å². The summed E-state index contributed by atoms with van der Waals surface area (Å²) in [6.45, 7) is 2.51. The molecule has 0 bridgehead atoms. The number of pyridine rings is 1. The number of fused-ring (bicyclic) bond motifs is 1. The third-order valence-corrected chi connectivity index (χ3v) is 3.45. The molecule has 0 aliphatic carbocycles. The first-order chi connectivity index (χ1) is 9.15. The van der Waals surface area contributed by atoms with E-state index in [1.807, 2.05) is 12.1 Å². The van der Waals surface area contributed by atoms with Crippen LogP contribution in [0.2, 0.25) is 0 Å². The number of hydrogen-bond donors (Lipinski definition) is 1. The van der Waals surface area contributed by atoms with E-state index in [2.05, 4.69) is 9.88 Å². The van der Waals surface area contributed by atoms with Crippen LogP contribution in [0.5, 0.6) is 0 Å². The molecule has 0 spiro atoms. The van der Waals surface area contributed by atoms with Gasteiger partial charge in [-0.25, -0.2) is 4.39 Å². The molecule has 3 nitrogen and oxygen atoms in total. The first-order valence-electron chi connectivity index (χ1n) is 6.35. The Hall–Kier alpha value is -1.94. The summed E-state index contributed by atoms with van der Waals surface area (Å²) in [7, 11) is 0. The zero-order valence-corrected chi connectivity index (χ0v) is 10.7. The van der Waals surface area contributed by atoms with Crippen LogP contribution < -0.4 is 4.90 Å². The minimum absolute atomic E-state index is 0.223. The Morgan fingerprint density at radius 1 is 1.32 bits per heavy atom. The highest BCUT2D eigenvalue weighted by Crippen LogP contribution is 2.34. The van der Waals surface area contributed by atoms with E-state index in [-0.39, 0.29) is 5.82 Å². The fourth-order valence-corrected chi connectivity index (χ4v) is 2.42. The smallest absolute Gasteiger partial charge is 0.125 e. The second kappa shape index (κ2) is 4.63. The van der Waals surface area contributed by atoms with Crippen molar-refractivity contribution in [3.8, 4) is 0 Å². The SMILES string of the molecule is C[C@@H](O)c1ccc(N2CCc3ccc(F)cc32)cn1. The van der Waals surface area contributed by atoms with Crippen molar-refractivity contribution in [2.45, 2.75) is 19.4 Å². The van der Waals surface area contributed by atoms with Crippen molar-refractivity contribution >= 4 is 11.4 Å². The van der Waals surface area contributed by atoms with Gasteiger partial charge in [0.25, 0.3) is 0 Å². The summed E-state index contributed by atoms with van der Waals surface area (Å²) in [6.07, 6.45) is 2.06. The van der Waals surface area contributed by atoms with Gasteiger partial charge in [-0.15, -0.1) is 0 Å². The minimum Gasteiger partial charge on any atom is -0.387 e. The van der Waals surface area contributed by atoms with Crippen LogP contribution in [0.4, 0.5) is 15.8 Å². The molecule has 0 saturated carbocycles. The van der Waals surface area contributed by atoms with E-state index in [0.717, 1.165) is 29.9 Å². The maximum absolute atomic E-state index is 13.3. The maximum Gasteiger partial charge on any atom is 0.125 e. The van der Waals surface area contributed by atoms with Gasteiger partial charge in [-0.1, -0.05) is 6.07 Å². The number of aliphatic hydroxyl groups is 1. The van der Waals surface area contributed by atoms with Crippen LogP contribution in [0.15, 0.2) is 36.5 Å². The van der Waals surface area contributed by atoms with E-state index in [9.17, 15) is 9.50 Å². The van der Waals surface area contributed by atoms with Gasteiger partial charge in [-0.05, 0) is 43.2 Å². The van der Waals surface area contributed by atoms with Crippen LogP contribution in [0.3, 0.4) is 0 Å². The van der Waals surface area contributed by atoms with Crippen LogP contribution >= 0.6 is 0 Å². The van der Waals surface area contributed by atoms with Crippen molar-refractivity contribution < 1.29 is 9.50 Å². The molecule has 1 atom stereocenters. The summed E-state index contributed by atoms with van der Waals surface area (Å²) in [5.41, 5.74) is 3.63. The molecule has 1 aliphatic rings. The van der Waals surface area contributed by atoms with Crippen molar-refractivity contribution in [2.75, 3.05) is 11.4 Å². The monoisotopic (exact) mass is 258 g/mol. The predicted molar refractivity (Wildman–Crippen MR) is 72.0 cm³/mol. The molecular formula is C15H15FN2O. The average Bonchev–Trinajstić information content (AvgIpc) is 2.81. The number of hydrogen-bond acceptors (Lipinski definition) is 3. The van der Waals surface area contributed by atoms with Gasteiger partial charge in [0, 0.05) is 12.2 Å². The van der Waals surface area contributed by atoms with Gasteiger partial charge in [0.1, 0.15) is 5.82 Å². The number of halogens is 1. The normalized spacial score (nSPS) is 15.4. The molecule has 4 heteroatoms. The lowest BCUT2D eigenvalue weighted by molar-refractivity contribution is 0.194. The summed E-state index contributed by atoms with van der Waals surface area (Å²) in [5, 5.41) is 9.45. The van der Waals surface area contributed by atoms with Crippen molar-refractivity contribution in [1.29, 1.82) is 0 Å². The van der Waals surface area contributed by atoms with Gasteiger partial charge < -0.3 is 10.0 Å². The summed E-state index contributed by atoms with van der Waals surface area (Å²) >= 11 is 0. The van der Waals surface area contributed by atoms with E-state index < -0.39 is 6.10 Å². The molecule has 1 aliphatic heterocycles. The molecule has 98 valence electrons. The van der Waals surface area contributed by atoms with E-state index >= 15 is 0 Å². The van der Waals surface area contributed by atoms with Crippen molar-refractivity contribution in [1.82, 2.24) is 4.98 Å². The zero-order valence-electron chi connectivity index (χ0n) is 10.7. The van der Waals surface area contributed by atoms with Crippen LogP contribution in [0.1, 0.15) is 24.3 Å². The summed E-state index contributed by atoms with van der Waals surface area (Å²) in [5.74, 6) is -0.223. The van der Waals surface area contributed by atoms with Gasteiger partial charge in [0.15, 0.2) is 0 Å². The standard InChI is InChI=1S/C15H15FN2O/c1-10(19)14-5-4-13(9-17-14)18-7-6-11-2-3-12(16)8-15(11)18/h2-5,8-10,19H,6-7H2,1H3/t10-/m1/s1. The second-order valence-corrected chi connectivity index (χ2v) is 4.79. The van der Waals surface area contributed by atoms with E-state index in [1.165, 1.54) is 6.07 Å². The summed E-state index contributed by atoms with van der Waals surface area (Å²) < 4.78 is 13.3. The highest BCUT2D eigenvalue weighted by Gasteiger charge is 2.21. The van der Waals surface area contributed by atoms with E-state index in [1.54, 1.807) is 25.3 Å². The van der Waals surface area contributed by atoms with Gasteiger partial charge in [-0.2, -0.15) is 0 Å². The Morgan fingerprint density at radius 3 is 2.84 bits per heavy atom. The molecule has 0 unspecified atom stereocenters. The third-order valence-electron chi connectivity index (χ3n) is 3.45. The molecule has 0 amide bonds. The fourth-order valence-electron chi connectivity index (χ4n) is 2.42. The highest BCUT2D eigenvalue weighted by atomic mass is 19.1. The molecule has 1 aromatic heterocycles. The molecule has 2 aromatic rings.